The zero-order valence-corrected chi connectivity index (χ0v) is 7.33. The first-order valence-electron chi connectivity index (χ1n) is 4.34. The first-order chi connectivity index (χ1) is 6.93. The molecule has 0 aromatic heterocycles. The first-order valence-corrected chi connectivity index (χ1v) is 4.34. The molecule has 4 N–H and O–H groups in total. The minimum atomic E-state index is 0.0319. The number of nitrogens with one attached hydrogen (secondary N) is 4. The zero-order chi connectivity index (χ0) is 9.38. The molecule has 2 heterocycles. The fourth-order valence-electron chi connectivity index (χ4n) is 1.51. The van der Waals surface area contributed by atoms with Crippen LogP contribution in [-0.4, -0.2) is 6.79 Å². The van der Waals surface area contributed by atoms with Gasteiger partial charge in [-0.1, -0.05) is 6.07 Å². The smallest absolute Gasteiger partial charge is 0.231 e. The summed E-state index contributed by atoms with van der Waals surface area (Å²) in [6.45, 7) is 0.306. The first kappa shape index (κ1) is 8.01. The average Bonchev–Trinajstić information content (AvgIpc) is 2.88. The third-order valence-electron chi connectivity index (χ3n) is 2.23. The SMILES string of the molecule is c1cc2c(cc1C1NNNN1)OCO2. The monoisotopic (exact) mass is 194 g/mol. The minimum Gasteiger partial charge on any atom is -0.454 e. The van der Waals surface area contributed by atoms with E-state index < -0.39 is 0 Å². The molecule has 0 amide bonds. The summed E-state index contributed by atoms with van der Waals surface area (Å²) in [6, 6.07) is 5.83. The van der Waals surface area contributed by atoms with Gasteiger partial charge in [-0.05, 0) is 17.7 Å². The van der Waals surface area contributed by atoms with Gasteiger partial charge in [0.15, 0.2) is 11.5 Å². The lowest BCUT2D eigenvalue weighted by Gasteiger charge is -2.09. The molecule has 2 aliphatic rings. The number of hydrogen-bond donors (Lipinski definition) is 4. The fraction of sp³-hybridized carbons (Fsp3) is 0.250. The van der Waals surface area contributed by atoms with E-state index in [4.69, 9.17) is 9.47 Å². The third kappa shape index (κ3) is 1.21. The van der Waals surface area contributed by atoms with Crippen LogP contribution in [0.25, 0.3) is 0 Å². The van der Waals surface area contributed by atoms with Gasteiger partial charge in [0.25, 0.3) is 0 Å². The number of hydrogen-bond acceptors (Lipinski definition) is 6. The molecule has 6 heteroatoms. The molecule has 3 rings (SSSR count). The summed E-state index contributed by atoms with van der Waals surface area (Å²) < 4.78 is 10.5. The zero-order valence-electron chi connectivity index (χ0n) is 7.33. The summed E-state index contributed by atoms with van der Waals surface area (Å²) in [5.41, 5.74) is 12.6. The molecule has 0 atom stereocenters. The van der Waals surface area contributed by atoms with Crippen LogP contribution in [0.15, 0.2) is 18.2 Å². The second-order valence-electron chi connectivity index (χ2n) is 3.08. The molecule has 0 bridgehead atoms. The van der Waals surface area contributed by atoms with Crippen LogP contribution < -0.4 is 31.4 Å². The Morgan fingerprint density at radius 3 is 2.71 bits per heavy atom. The van der Waals surface area contributed by atoms with Crippen molar-refractivity contribution in [3.63, 3.8) is 0 Å². The molecule has 2 aliphatic heterocycles. The molecule has 1 fully saturated rings. The van der Waals surface area contributed by atoms with Gasteiger partial charge in [-0.3, -0.25) is 0 Å². The number of ether oxygens (including phenoxy) is 2. The van der Waals surface area contributed by atoms with E-state index in [0.717, 1.165) is 17.1 Å². The molecule has 14 heavy (non-hydrogen) atoms. The molecular formula is C8H10N4O2. The van der Waals surface area contributed by atoms with Crippen molar-refractivity contribution in [1.82, 2.24) is 21.9 Å². The molecule has 0 spiro atoms. The van der Waals surface area contributed by atoms with Crippen LogP contribution >= 0.6 is 0 Å². The van der Waals surface area contributed by atoms with E-state index in [1.807, 2.05) is 18.2 Å². The van der Waals surface area contributed by atoms with E-state index >= 15 is 0 Å². The van der Waals surface area contributed by atoms with Gasteiger partial charge in [0.05, 0.1) is 0 Å². The Hall–Kier alpha value is -1.34. The van der Waals surface area contributed by atoms with Crippen molar-refractivity contribution < 1.29 is 9.47 Å². The number of rotatable bonds is 1. The Labute approximate surface area is 80.5 Å². The van der Waals surface area contributed by atoms with E-state index in [2.05, 4.69) is 21.9 Å². The van der Waals surface area contributed by atoms with Gasteiger partial charge >= 0.3 is 0 Å². The summed E-state index contributed by atoms with van der Waals surface area (Å²) in [5, 5.41) is 0. The Kier molecular flexibility index (Phi) is 1.78. The molecule has 1 aromatic rings. The molecule has 0 radical (unpaired) electrons. The molecule has 74 valence electrons. The highest BCUT2D eigenvalue weighted by Crippen LogP contribution is 2.33. The summed E-state index contributed by atoms with van der Waals surface area (Å²) in [4.78, 5) is 0. The van der Waals surface area contributed by atoms with E-state index in [-0.39, 0.29) is 6.17 Å². The van der Waals surface area contributed by atoms with Crippen molar-refractivity contribution in [1.29, 1.82) is 0 Å². The van der Waals surface area contributed by atoms with Gasteiger partial charge in [-0.25, -0.2) is 10.9 Å². The van der Waals surface area contributed by atoms with E-state index in [9.17, 15) is 0 Å². The number of hydrazine groups is 3. The Morgan fingerprint density at radius 1 is 1.07 bits per heavy atom. The maximum Gasteiger partial charge on any atom is 0.231 e. The molecular weight excluding hydrogens is 184 g/mol. The summed E-state index contributed by atoms with van der Waals surface area (Å²) in [6.07, 6.45) is 0.0319. The van der Waals surface area contributed by atoms with Crippen molar-refractivity contribution in [3.8, 4) is 11.5 Å². The second kappa shape index (κ2) is 3.10. The minimum absolute atomic E-state index is 0.0319. The van der Waals surface area contributed by atoms with Gasteiger partial charge in [0.2, 0.25) is 6.79 Å². The average molecular weight is 194 g/mol. The molecule has 1 saturated heterocycles. The standard InChI is InChI=1S/C8H10N4O2/c1-2-6-7(14-4-13-6)3-5(1)8-9-11-12-10-8/h1-3,8-12H,4H2. The van der Waals surface area contributed by atoms with Crippen LogP contribution in [0.4, 0.5) is 0 Å². The quantitative estimate of drug-likeness (QED) is 0.485. The Morgan fingerprint density at radius 2 is 1.86 bits per heavy atom. The lowest BCUT2D eigenvalue weighted by Crippen LogP contribution is -2.33. The normalized spacial score (nSPS) is 20.3. The van der Waals surface area contributed by atoms with Crippen molar-refractivity contribution in [2.75, 3.05) is 6.79 Å². The van der Waals surface area contributed by atoms with Crippen molar-refractivity contribution in [3.05, 3.63) is 23.8 Å². The largest absolute Gasteiger partial charge is 0.454 e. The van der Waals surface area contributed by atoms with Crippen molar-refractivity contribution >= 4 is 0 Å². The van der Waals surface area contributed by atoms with Crippen LogP contribution in [0.5, 0.6) is 11.5 Å². The van der Waals surface area contributed by atoms with Crippen molar-refractivity contribution in [2.45, 2.75) is 6.17 Å². The number of benzene rings is 1. The predicted molar refractivity (Wildman–Crippen MR) is 47.8 cm³/mol. The highest BCUT2D eigenvalue weighted by molar-refractivity contribution is 5.45. The lowest BCUT2D eigenvalue weighted by atomic mass is 10.1. The highest BCUT2D eigenvalue weighted by Gasteiger charge is 2.19. The third-order valence-corrected chi connectivity index (χ3v) is 2.23. The van der Waals surface area contributed by atoms with E-state index in [1.165, 1.54) is 0 Å². The summed E-state index contributed by atoms with van der Waals surface area (Å²) in [7, 11) is 0. The van der Waals surface area contributed by atoms with Gasteiger partial charge < -0.3 is 9.47 Å². The van der Waals surface area contributed by atoms with Crippen LogP contribution in [0, 0.1) is 0 Å². The lowest BCUT2D eigenvalue weighted by molar-refractivity contribution is 0.174. The Balaban J connectivity index is 1.91. The van der Waals surface area contributed by atoms with Crippen LogP contribution in [0.3, 0.4) is 0 Å². The fourth-order valence-corrected chi connectivity index (χ4v) is 1.51. The summed E-state index contributed by atoms with van der Waals surface area (Å²) in [5.74, 6) is 1.59. The van der Waals surface area contributed by atoms with Gasteiger partial charge in [-0.2, -0.15) is 11.1 Å². The van der Waals surface area contributed by atoms with Crippen LogP contribution in [-0.2, 0) is 0 Å². The molecule has 6 nitrogen and oxygen atoms in total. The number of fused-ring (bicyclic) bond motifs is 1. The van der Waals surface area contributed by atoms with Crippen LogP contribution in [0.2, 0.25) is 0 Å². The summed E-state index contributed by atoms with van der Waals surface area (Å²) >= 11 is 0. The molecule has 0 unspecified atom stereocenters. The molecule has 0 aliphatic carbocycles. The van der Waals surface area contributed by atoms with Gasteiger partial charge in [0.1, 0.15) is 6.17 Å². The maximum absolute atomic E-state index is 5.28. The van der Waals surface area contributed by atoms with Crippen molar-refractivity contribution in [2.24, 2.45) is 0 Å². The van der Waals surface area contributed by atoms with Gasteiger partial charge in [-0.15, -0.1) is 0 Å². The van der Waals surface area contributed by atoms with Crippen LogP contribution in [0.1, 0.15) is 11.7 Å². The predicted octanol–water partition coefficient (Wildman–Crippen LogP) is -0.469. The maximum atomic E-state index is 5.28. The van der Waals surface area contributed by atoms with Gasteiger partial charge in [0, 0.05) is 0 Å². The molecule has 1 aromatic carbocycles. The Bertz CT molecular complexity index is 351. The highest BCUT2D eigenvalue weighted by atomic mass is 16.7. The van der Waals surface area contributed by atoms with E-state index in [1.54, 1.807) is 0 Å². The van der Waals surface area contributed by atoms with E-state index in [0.29, 0.717) is 6.79 Å². The molecule has 0 saturated carbocycles. The topological polar surface area (TPSA) is 66.6 Å². The second-order valence-corrected chi connectivity index (χ2v) is 3.08.